The van der Waals surface area contributed by atoms with E-state index in [4.69, 9.17) is 5.73 Å². The van der Waals surface area contributed by atoms with Crippen molar-refractivity contribution in [1.29, 1.82) is 0 Å². The molecule has 0 heterocycles. The average Bonchev–Trinajstić information content (AvgIpc) is 2.39. The number of nitrogens with two attached hydrogens (primary N) is 1. The molecule has 1 aromatic rings. The first-order valence-corrected chi connectivity index (χ1v) is 6.84. The lowest BCUT2D eigenvalue weighted by molar-refractivity contribution is -0.120. The highest BCUT2D eigenvalue weighted by atomic mass is 16.1. The summed E-state index contributed by atoms with van der Waals surface area (Å²) < 4.78 is 0. The van der Waals surface area contributed by atoms with E-state index in [0.29, 0.717) is 0 Å². The van der Waals surface area contributed by atoms with Crippen LogP contribution in [0.25, 0.3) is 0 Å². The van der Waals surface area contributed by atoms with E-state index in [1.165, 1.54) is 5.56 Å². The third-order valence-electron chi connectivity index (χ3n) is 3.72. The van der Waals surface area contributed by atoms with Gasteiger partial charge in [0.05, 0.1) is 0 Å². The van der Waals surface area contributed by atoms with Gasteiger partial charge in [0.15, 0.2) is 0 Å². The monoisotopic (exact) mass is 246 g/mol. The Morgan fingerprint density at radius 3 is 2.67 bits per heavy atom. The lowest BCUT2D eigenvalue weighted by atomic mass is 9.85. The molecule has 1 fully saturated rings. The normalized spacial score (nSPS) is 23.7. The number of benzene rings is 1. The Morgan fingerprint density at radius 2 is 2.06 bits per heavy atom. The number of hydrogen-bond donors (Lipinski definition) is 2. The summed E-state index contributed by atoms with van der Waals surface area (Å²) in [5.74, 6) is 0.203. The fourth-order valence-corrected chi connectivity index (χ4v) is 2.53. The smallest absolute Gasteiger partial charge is 0.227 e. The Hall–Kier alpha value is -1.35. The van der Waals surface area contributed by atoms with Crippen molar-refractivity contribution in [1.82, 2.24) is 0 Å². The van der Waals surface area contributed by atoms with Crippen molar-refractivity contribution in [2.75, 3.05) is 5.32 Å². The van der Waals surface area contributed by atoms with Gasteiger partial charge in [-0.2, -0.15) is 0 Å². The van der Waals surface area contributed by atoms with Gasteiger partial charge in [-0.25, -0.2) is 0 Å². The van der Waals surface area contributed by atoms with Crippen LogP contribution >= 0.6 is 0 Å². The van der Waals surface area contributed by atoms with Gasteiger partial charge in [0, 0.05) is 17.6 Å². The molecule has 0 bridgehead atoms. The Balaban J connectivity index is 1.93. The van der Waals surface area contributed by atoms with Crippen molar-refractivity contribution in [2.45, 2.75) is 45.1 Å². The van der Waals surface area contributed by atoms with Crippen molar-refractivity contribution < 1.29 is 4.79 Å². The molecule has 2 unspecified atom stereocenters. The predicted molar refractivity (Wildman–Crippen MR) is 74.4 cm³/mol. The zero-order valence-corrected chi connectivity index (χ0v) is 11.0. The lowest BCUT2D eigenvalue weighted by Crippen LogP contribution is -2.34. The minimum Gasteiger partial charge on any atom is -0.328 e. The van der Waals surface area contributed by atoms with Crippen LogP contribution in [0.3, 0.4) is 0 Å². The van der Waals surface area contributed by atoms with E-state index in [2.05, 4.69) is 24.4 Å². The predicted octanol–water partition coefficient (Wildman–Crippen LogP) is 2.71. The quantitative estimate of drug-likeness (QED) is 0.861. The summed E-state index contributed by atoms with van der Waals surface area (Å²) >= 11 is 0. The Kier molecular flexibility index (Phi) is 4.37. The molecular weight excluding hydrogens is 224 g/mol. The van der Waals surface area contributed by atoms with Crippen LogP contribution in [0, 0.1) is 5.92 Å². The Morgan fingerprint density at radius 1 is 1.33 bits per heavy atom. The first-order chi connectivity index (χ1) is 8.69. The van der Waals surface area contributed by atoms with Gasteiger partial charge in [0.2, 0.25) is 5.91 Å². The molecule has 0 aliphatic heterocycles. The summed E-state index contributed by atoms with van der Waals surface area (Å²) in [5, 5.41) is 2.99. The summed E-state index contributed by atoms with van der Waals surface area (Å²) in [5.41, 5.74) is 8.08. The standard InChI is InChI=1S/C15H22N2O/c1-2-11-6-8-14(9-7-11)17-15(18)12-4-3-5-13(16)10-12/h6-9,12-13H,2-5,10,16H2,1H3,(H,17,18). The lowest BCUT2D eigenvalue weighted by Gasteiger charge is -2.25. The minimum absolute atomic E-state index is 0.0830. The van der Waals surface area contributed by atoms with Crippen LogP contribution in [0.2, 0.25) is 0 Å². The van der Waals surface area contributed by atoms with E-state index in [1.54, 1.807) is 0 Å². The Labute approximate surface area is 109 Å². The molecule has 3 heteroatoms. The number of anilines is 1. The van der Waals surface area contributed by atoms with Gasteiger partial charge in [-0.3, -0.25) is 4.79 Å². The van der Waals surface area contributed by atoms with E-state index in [9.17, 15) is 4.79 Å². The second-order valence-corrected chi connectivity index (χ2v) is 5.16. The Bertz CT molecular complexity index is 399. The molecule has 1 aliphatic carbocycles. The second kappa shape index (κ2) is 6.01. The molecule has 1 saturated carbocycles. The fourth-order valence-electron chi connectivity index (χ4n) is 2.53. The largest absolute Gasteiger partial charge is 0.328 e. The molecular formula is C15H22N2O. The van der Waals surface area contributed by atoms with Crippen LogP contribution in [0.15, 0.2) is 24.3 Å². The molecule has 2 atom stereocenters. The third kappa shape index (κ3) is 3.33. The number of carbonyl (C=O) groups excluding carboxylic acids is 1. The zero-order chi connectivity index (χ0) is 13.0. The number of amides is 1. The van der Waals surface area contributed by atoms with Gasteiger partial charge in [-0.05, 0) is 43.4 Å². The van der Waals surface area contributed by atoms with Crippen molar-refractivity contribution >= 4 is 11.6 Å². The van der Waals surface area contributed by atoms with Crippen molar-refractivity contribution in [3.05, 3.63) is 29.8 Å². The number of rotatable bonds is 3. The summed E-state index contributed by atoms with van der Waals surface area (Å²) in [6.07, 6.45) is 4.92. The summed E-state index contributed by atoms with van der Waals surface area (Å²) in [7, 11) is 0. The SMILES string of the molecule is CCc1ccc(NC(=O)C2CCCC(N)C2)cc1. The van der Waals surface area contributed by atoms with Gasteiger partial charge in [-0.1, -0.05) is 25.5 Å². The van der Waals surface area contributed by atoms with Crippen LogP contribution in [0.5, 0.6) is 0 Å². The molecule has 1 aromatic carbocycles. The summed E-state index contributed by atoms with van der Waals surface area (Å²) in [6, 6.07) is 8.25. The maximum absolute atomic E-state index is 12.1. The van der Waals surface area contributed by atoms with E-state index in [-0.39, 0.29) is 17.9 Å². The first-order valence-electron chi connectivity index (χ1n) is 6.84. The zero-order valence-electron chi connectivity index (χ0n) is 11.0. The summed E-state index contributed by atoms with van der Waals surface area (Å²) in [4.78, 5) is 12.1. The molecule has 0 spiro atoms. The van der Waals surface area contributed by atoms with Crippen LogP contribution in [0.1, 0.15) is 38.2 Å². The van der Waals surface area contributed by atoms with E-state index in [1.807, 2.05) is 12.1 Å². The highest BCUT2D eigenvalue weighted by Gasteiger charge is 2.25. The van der Waals surface area contributed by atoms with E-state index < -0.39 is 0 Å². The van der Waals surface area contributed by atoms with Crippen LogP contribution in [-0.2, 0) is 11.2 Å². The molecule has 0 aromatic heterocycles. The van der Waals surface area contributed by atoms with Crippen molar-refractivity contribution in [3.63, 3.8) is 0 Å². The number of hydrogen-bond acceptors (Lipinski definition) is 2. The number of nitrogens with one attached hydrogen (secondary N) is 1. The maximum Gasteiger partial charge on any atom is 0.227 e. The first kappa shape index (κ1) is 13.1. The number of aryl methyl sites for hydroxylation is 1. The molecule has 18 heavy (non-hydrogen) atoms. The van der Waals surface area contributed by atoms with E-state index in [0.717, 1.165) is 37.8 Å². The highest BCUT2D eigenvalue weighted by molar-refractivity contribution is 5.92. The highest BCUT2D eigenvalue weighted by Crippen LogP contribution is 2.24. The van der Waals surface area contributed by atoms with Crippen molar-refractivity contribution in [3.8, 4) is 0 Å². The van der Waals surface area contributed by atoms with Gasteiger partial charge >= 0.3 is 0 Å². The second-order valence-electron chi connectivity index (χ2n) is 5.16. The summed E-state index contributed by atoms with van der Waals surface area (Å²) in [6.45, 7) is 2.12. The maximum atomic E-state index is 12.1. The van der Waals surface area contributed by atoms with Crippen LogP contribution in [0.4, 0.5) is 5.69 Å². The molecule has 1 aliphatic rings. The minimum atomic E-state index is 0.0830. The topological polar surface area (TPSA) is 55.1 Å². The van der Waals surface area contributed by atoms with Crippen LogP contribution < -0.4 is 11.1 Å². The van der Waals surface area contributed by atoms with E-state index >= 15 is 0 Å². The third-order valence-corrected chi connectivity index (χ3v) is 3.72. The number of carbonyl (C=O) groups is 1. The van der Waals surface area contributed by atoms with Gasteiger partial charge in [0.25, 0.3) is 0 Å². The molecule has 0 saturated heterocycles. The molecule has 2 rings (SSSR count). The average molecular weight is 246 g/mol. The molecule has 0 radical (unpaired) electrons. The molecule has 3 nitrogen and oxygen atoms in total. The van der Waals surface area contributed by atoms with Gasteiger partial charge < -0.3 is 11.1 Å². The van der Waals surface area contributed by atoms with Gasteiger partial charge in [-0.15, -0.1) is 0 Å². The fraction of sp³-hybridized carbons (Fsp3) is 0.533. The van der Waals surface area contributed by atoms with Crippen molar-refractivity contribution in [2.24, 2.45) is 11.7 Å². The molecule has 1 amide bonds. The van der Waals surface area contributed by atoms with Crippen LogP contribution in [-0.4, -0.2) is 11.9 Å². The van der Waals surface area contributed by atoms with Gasteiger partial charge in [0.1, 0.15) is 0 Å². The molecule has 98 valence electrons. The molecule has 3 N–H and O–H groups in total.